The molecule has 0 aliphatic rings. The molecule has 0 unspecified atom stereocenters. The lowest BCUT2D eigenvalue weighted by Gasteiger charge is -2.22. The third kappa shape index (κ3) is 5.20. The molecule has 1 atom stereocenters. The first-order valence-corrected chi connectivity index (χ1v) is 8.67. The van der Waals surface area contributed by atoms with Crippen LogP contribution >= 0.6 is 0 Å². The highest BCUT2D eigenvalue weighted by atomic mass is 16.3. The number of amides is 2. The number of carbonyl (C=O) groups is 2. The first-order valence-electron chi connectivity index (χ1n) is 8.67. The molecule has 2 rings (SSSR count). The van der Waals surface area contributed by atoms with Crippen LogP contribution < -0.4 is 10.6 Å². The number of nitrogens with zero attached hydrogens (tertiary/aromatic N) is 1. The molecular formula is C20H27N3O3. The molecule has 1 aromatic carbocycles. The molecule has 2 N–H and O–H groups in total. The van der Waals surface area contributed by atoms with E-state index in [1.54, 1.807) is 6.92 Å². The van der Waals surface area contributed by atoms with Gasteiger partial charge in [-0.2, -0.15) is 0 Å². The average Bonchev–Trinajstić information content (AvgIpc) is 3.00. The molecule has 2 amide bonds. The SMILES string of the molecule is Cc1ccc(CN(C)[C@@H](C)C(=O)NCC(=O)Nc2c(C)cccc2C)o1. The summed E-state index contributed by atoms with van der Waals surface area (Å²) < 4.78 is 5.53. The molecule has 0 saturated carbocycles. The largest absolute Gasteiger partial charge is 0.465 e. The molecule has 6 nitrogen and oxygen atoms in total. The van der Waals surface area contributed by atoms with Crippen LogP contribution in [0.1, 0.15) is 29.6 Å². The van der Waals surface area contributed by atoms with E-state index in [9.17, 15) is 9.59 Å². The van der Waals surface area contributed by atoms with Crippen molar-refractivity contribution in [2.45, 2.75) is 40.3 Å². The third-order valence-electron chi connectivity index (χ3n) is 4.41. The first-order chi connectivity index (χ1) is 12.3. The molecule has 0 saturated heterocycles. The van der Waals surface area contributed by atoms with Crippen LogP contribution in [0.5, 0.6) is 0 Å². The molecule has 0 spiro atoms. The maximum Gasteiger partial charge on any atom is 0.243 e. The van der Waals surface area contributed by atoms with Crippen molar-refractivity contribution >= 4 is 17.5 Å². The van der Waals surface area contributed by atoms with Crippen LogP contribution in [0.3, 0.4) is 0 Å². The van der Waals surface area contributed by atoms with Crippen molar-refractivity contribution in [2.75, 3.05) is 18.9 Å². The van der Waals surface area contributed by atoms with E-state index in [4.69, 9.17) is 4.42 Å². The van der Waals surface area contributed by atoms with Gasteiger partial charge in [-0.15, -0.1) is 0 Å². The molecule has 6 heteroatoms. The monoisotopic (exact) mass is 357 g/mol. The fraction of sp³-hybridized carbons (Fsp3) is 0.400. The number of aryl methyl sites for hydroxylation is 3. The fourth-order valence-corrected chi connectivity index (χ4v) is 2.66. The number of likely N-dealkylation sites (N-methyl/N-ethyl adjacent to an activating group) is 1. The minimum Gasteiger partial charge on any atom is -0.465 e. The zero-order valence-corrected chi connectivity index (χ0v) is 16.1. The molecule has 26 heavy (non-hydrogen) atoms. The summed E-state index contributed by atoms with van der Waals surface area (Å²) in [6, 6.07) is 9.23. The minimum atomic E-state index is -0.381. The number of anilines is 1. The Morgan fingerprint density at radius 1 is 1.12 bits per heavy atom. The topological polar surface area (TPSA) is 74.6 Å². The van der Waals surface area contributed by atoms with Gasteiger partial charge in [0, 0.05) is 5.69 Å². The van der Waals surface area contributed by atoms with E-state index in [1.165, 1.54) is 0 Å². The van der Waals surface area contributed by atoms with E-state index in [-0.39, 0.29) is 24.4 Å². The summed E-state index contributed by atoms with van der Waals surface area (Å²) in [7, 11) is 1.85. The second-order valence-corrected chi connectivity index (χ2v) is 6.64. The van der Waals surface area contributed by atoms with Crippen LogP contribution in [0.15, 0.2) is 34.7 Å². The first kappa shape index (κ1) is 19.7. The lowest BCUT2D eigenvalue weighted by atomic mass is 10.1. The summed E-state index contributed by atoms with van der Waals surface area (Å²) in [4.78, 5) is 26.3. The van der Waals surface area contributed by atoms with Gasteiger partial charge in [-0.25, -0.2) is 0 Å². The Labute approximate surface area is 154 Å². The third-order valence-corrected chi connectivity index (χ3v) is 4.41. The second kappa shape index (κ2) is 8.67. The van der Waals surface area contributed by atoms with Crippen molar-refractivity contribution in [3.8, 4) is 0 Å². The summed E-state index contributed by atoms with van der Waals surface area (Å²) in [5.74, 6) is 1.20. The average molecular weight is 357 g/mol. The molecule has 0 aliphatic heterocycles. The summed E-state index contributed by atoms with van der Waals surface area (Å²) in [5, 5.41) is 5.55. The van der Waals surface area contributed by atoms with E-state index in [0.717, 1.165) is 28.3 Å². The van der Waals surface area contributed by atoms with Crippen molar-refractivity contribution in [3.05, 3.63) is 53.0 Å². The zero-order valence-electron chi connectivity index (χ0n) is 16.1. The van der Waals surface area contributed by atoms with E-state index >= 15 is 0 Å². The van der Waals surface area contributed by atoms with Gasteiger partial charge in [0.05, 0.1) is 19.1 Å². The predicted molar refractivity (Wildman–Crippen MR) is 102 cm³/mol. The van der Waals surface area contributed by atoms with Crippen molar-refractivity contribution in [1.29, 1.82) is 0 Å². The van der Waals surface area contributed by atoms with E-state index in [1.807, 2.05) is 63.1 Å². The number of carbonyl (C=O) groups excluding carboxylic acids is 2. The highest BCUT2D eigenvalue weighted by molar-refractivity contribution is 5.96. The van der Waals surface area contributed by atoms with Crippen LogP contribution in [0.4, 0.5) is 5.69 Å². The number of para-hydroxylation sites is 1. The molecule has 1 heterocycles. The summed E-state index contributed by atoms with van der Waals surface area (Å²) in [6.45, 7) is 8.02. The second-order valence-electron chi connectivity index (χ2n) is 6.64. The molecule has 140 valence electrons. The molecular weight excluding hydrogens is 330 g/mol. The summed E-state index contributed by atoms with van der Waals surface area (Å²) in [5.41, 5.74) is 2.78. The van der Waals surface area contributed by atoms with E-state index in [0.29, 0.717) is 6.54 Å². The van der Waals surface area contributed by atoms with Gasteiger partial charge < -0.3 is 15.1 Å². The van der Waals surface area contributed by atoms with Gasteiger partial charge in [-0.1, -0.05) is 18.2 Å². The van der Waals surface area contributed by atoms with E-state index in [2.05, 4.69) is 10.6 Å². The molecule has 1 aromatic heterocycles. The Kier molecular flexibility index (Phi) is 6.58. The Hall–Kier alpha value is -2.60. The maximum absolute atomic E-state index is 12.3. The predicted octanol–water partition coefficient (Wildman–Crippen LogP) is 2.78. The van der Waals surface area contributed by atoms with Crippen LogP contribution in [0, 0.1) is 20.8 Å². The minimum absolute atomic E-state index is 0.0648. The van der Waals surface area contributed by atoms with Gasteiger partial charge >= 0.3 is 0 Å². The fourth-order valence-electron chi connectivity index (χ4n) is 2.66. The zero-order chi connectivity index (χ0) is 19.3. The molecule has 0 bridgehead atoms. The number of nitrogens with one attached hydrogen (secondary N) is 2. The number of furan rings is 1. The Balaban J connectivity index is 1.84. The number of rotatable bonds is 7. The standard InChI is InChI=1S/C20H27N3O3/c1-13-7-6-8-14(2)19(13)22-18(24)11-21-20(25)16(4)23(5)12-17-10-9-15(3)26-17/h6-10,16H,11-12H2,1-5H3,(H,21,25)(H,22,24)/t16-/m0/s1. The number of hydrogen-bond donors (Lipinski definition) is 2. The molecule has 0 fully saturated rings. The van der Waals surface area contributed by atoms with Crippen LogP contribution in [0.2, 0.25) is 0 Å². The maximum atomic E-state index is 12.3. The summed E-state index contributed by atoms with van der Waals surface area (Å²) in [6.07, 6.45) is 0. The van der Waals surface area contributed by atoms with E-state index < -0.39 is 0 Å². The molecule has 0 aliphatic carbocycles. The van der Waals surface area contributed by atoms with Crippen molar-refractivity contribution in [3.63, 3.8) is 0 Å². The van der Waals surface area contributed by atoms with Crippen molar-refractivity contribution < 1.29 is 14.0 Å². The van der Waals surface area contributed by atoms with Crippen LogP contribution in [0.25, 0.3) is 0 Å². The lowest BCUT2D eigenvalue weighted by Crippen LogP contribution is -2.45. The number of hydrogen-bond acceptors (Lipinski definition) is 4. The van der Waals surface area contributed by atoms with Gasteiger partial charge in [-0.05, 0) is 58.0 Å². The highest BCUT2D eigenvalue weighted by Gasteiger charge is 2.20. The molecule has 0 radical (unpaired) electrons. The van der Waals surface area contributed by atoms with Gasteiger partial charge in [0.25, 0.3) is 0 Å². The van der Waals surface area contributed by atoms with Crippen LogP contribution in [-0.2, 0) is 16.1 Å². The lowest BCUT2D eigenvalue weighted by molar-refractivity contribution is -0.127. The Morgan fingerprint density at radius 2 is 1.77 bits per heavy atom. The van der Waals surface area contributed by atoms with Gasteiger partial charge in [0.2, 0.25) is 11.8 Å². The Bertz CT molecular complexity index is 762. The van der Waals surface area contributed by atoms with Gasteiger partial charge in [-0.3, -0.25) is 14.5 Å². The quantitative estimate of drug-likeness (QED) is 0.799. The van der Waals surface area contributed by atoms with Crippen molar-refractivity contribution in [2.24, 2.45) is 0 Å². The van der Waals surface area contributed by atoms with Crippen LogP contribution in [-0.4, -0.2) is 36.3 Å². The molecule has 2 aromatic rings. The summed E-state index contributed by atoms with van der Waals surface area (Å²) >= 11 is 0. The Morgan fingerprint density at radius 3 is 2.35 bits per heavy atom. The highest BCUT2D eigenvalue weighted by Crippen LogP contribution is 2.19. The number of benzene rings is 1. The van der Waals surface area contributed by atoms with Crippen molar-refractivity contribution in [1.82, 2.24) is 10.2 Å². The normalized spacial score (nSPS) is 12.1. The van der Waals surface area contributed by atoms with Gasteiger partial charge in [0.15, 0.2) is 0 Å². The smallest absolute Gasteiger partial charge is 0.243 e. The van der Waals surface area contributed by atoms with Gasteiger partial charge in [0.1, 0.15) is 11.5 Å².